The molecule has 2 aromatic rings. The van der Waals surface area contributed by atoms with Gasteiger partial charge in [0.1, 0.15) is 6.04 Å². The number of nitrogens with one attached hydrogen (secondary N) is 3. The zero-order chi connectivity index (χ0) is 19.1. The zero-order valence-corrected chi connectivity index (χ0v) is 16.5. The number of carbonyl (C=O) groups excluding carboxylic acids is 2. The third-order valence-corrected chi connectivity index (χ3v) is 4.22. The van der Waals surface area contributed by atoms with Crippen molar-refractivity contribution < 1.29 is 14.3 Å². The van der Waals surface area contributed by atoms with Crippen LogP contribution in [0.2, 0.25) is 0 Å². The molecule has 0 aliphatic heterocycles. The van der Waals surface area contributed by atoms with E-state index < -0.39 is 12.1 Å². The summed E-state index contributed by atoms with van der Waals surface area (Å²) in [4.78, 5) is 23.8. The van der Waals surface area contributed by atoms with Gasteiger partial charge in [-0.15, -0.1) is 0 Å². The quantitative estimate of drug-likeness (QED) is 0.629. The van der Waals surface area contributed by atoms with E-state index in [0.717, 1.165) is 21.4 Å². The maximum Gasteiger partial charge on any atom is 0.411 e. The van der Waals surface area contributed by atoms with Crippen LogP contribution in [0.25, 0.3) is 0 Å². The Morgan fingerprint density at radius 1 is 1.08 bits per heavy atom. The molecule has 0 aliphatic carbocycles. The lowest BCUT2D eigenvalue weighted by Crippen LogP contribution is -2.32. The maximum atomic E-state index is 12.4. The summed E-state index contributed by atoms with van der Waals surface area (Å²) in [5.74, 6) is -0.150. The van der Waals surface area contributed by atoms with E-state index in [1.165, 1.54) is 0 Å². The average Bonchev–Trinajstić information content (AvgIpc) is 2.59. The van der Waals surface area contributed by atoms with Crippen LogP contribution in [0.15, 0.2) is 46.9 Å². The first-order valence-electron chi connectivity index (χ1n) is 8.26. The summed E-state index contributed by atoms with van der Waals surface area (Å²) in [6, 6.07) is 12.4. The Hall–Kier alpha value is -2.54. The summed E-state index contributed by atoms with van der Waals surface area (Å²) in [6.07, 6.45) is -0.496. The van der Waals surface area contributed by atoms with Crippen LogP contribution in [0, 0.1) is 6.92 Å². The molecule has 0 bridgehead atoms. The number of halogens is 1. The number of aryl methyl sites for hydroxylation is 1. The second-order valence-electron chi connectivity index (χ2n) is 5.76. The van der Waals surface area contributed by atoms with Gasteiger partial charge in [0.15, 0.2) is 0 Å². The average molecular weight is 420 g/mol. The van der Waals surface area contributed by atoms with Gasteiger partial charge in [-0.2, -0.15) is 0 Å². The minimum atomic E-state index is -0.496. The monoisotopic (exact) mass is 419 g/mol. The second kappa shape index (κ2) is 9.24. The fourth-order valence-corrected chi connectivity index (χ4v) is 2.81. The summed E-state index contributed by atoms with van der Waals surface area (Å²) < 4.78 is 5.66. The van der Waals surface area contributed by atoms with Crippen LogP contribution >= 0.6 is 15.9 Å². The summed E-state index contributed by atoms with van der Waals surface area (Å²) in [7, 11) is 0. The highest BCUT2D eigenvalue weighted by Crippen LogP contribution is 2.23. The molecule has 0 spiro atoms. The Morgan fingerprint density at radius 3 is 2.35 bits per heavy atom. The first-order valence-corrected chi connectivity index (χ1v) is 9.05. The van der Waals surface area contributed by atoms with E-state index in [-0.39, 0.29) is 5.91 Å². The fraction of sp³-hybridized carbons (Fsp3) is 0.263. The van der Waals surface area contributed by atoms with Crippen LogP contribution < -0.4 is 16.0 Å². The van der Waals surface area contributed by atoms with Crippen LogP contribution in [0.3, 0.4) is 0 Å². The van der Waals surface area contributed by atoms with Crippen molar-refractivity contribution in [3.63, 3.8) is 0 Å². The molecule has 0 radical (unpaired) electrons. The Morgan fingerprint density at radius 2 is 1.73 bits per heavy atom. The molecule has 0 saturated heterocycles. The van der Waals surface area contributed by atoms with Crippen LogP contribution in [-0.4, -0.2) is 24.6 Å². The summed E-state index contributed by atoms with van der Waals surface area (Å²) >= 11 is 3.45. The predicted octanol–water partition coefficient (Wildman–Crippen LogP) is 4.77. The SMILES string of the molecule is CCOC(=O)Nc1ccc(NC(C)C(=O)Nc2ccc(C)cc2Br)cc1. The highest BCUT2D eigenvalue weighted by atomic mass is 79.9. The number of hydrogen-bond donors (Lipinski definition) is 3. The lowest BCUT2D eigenvalue weighted by atomic mass is 10.2. The molecule has 7 heteroatoms. The normalized spacial score (nSPS) is 11.4. The largest absolute Gasteiger partial charge is 0.450 e. The van der Waals surface area contributed by atoms with Crippen LogP contribution in [-0.2, 0) is 9.53 Å². The second-order valence-corrected chi connectivity index (χ2v) is 6.62. The molecular weight excluding hydrogens is 398 g/mol. The van der Waals surface area contributed by atoms with E-state index >= 15 is 0 Å². The number of benzene rings is 2. The molecule has 0 heterocycles. The van der Waals surface area contributed by atoms with Crippen molar-refractivity contribution in [1.29, 1.82) is 0 Å². The number of ether oxygens (including phenoxy) is 1. The fourth-order valence-electron chi connectivity index (χ4n) is 2.21. The summed E-state index contributed by atoms with van der Waals surface area (Å²) in [5.41, 5.74) is 3.22. The zero-order valence-electron chi connectivity index (χ0n) is 14.9. The standard InChI is InChI=1S/C19H22BrN3O3/c1-4-26-19(25)22-15-8-6-14(7-9-15)21-13(3)18(24)23-17-10-5-12(2)11-16(17)20/h5-11,13,21H,4H2,1-3H3,(H,22,25)(H,23,24). The first-order chi connectivity index (χ1) is 12.4. The van der Waals surface area contributed by atoms with Crippen molar-refractivity contribution in [2.24, 2.45) is 0 Å². The summed E-state index contributed by atoms with van der Waals surface area (Å²) in [5, 5.41) is 8.63. The van der Waals surface area contributed by atoms with Crippen molar-refractivity contribution in [3.05, 3.63) is 52.5 Å². The van der Waals surface area contributed by atoms with Crippen molar-refractivity contribution in [1.82, 2.24) is 0 Å². The Bertz CT molecular complexity index is 778. The highest BCUT2D eigenvalue weighted by molar-refractivity contribution is 9.10. The molecule has 1 atom stereocenters. The molecule has 138 valence electrons. The van der Waals surface area contributed by atoms with Crippen LogP contribution in [0.4, 0.5) is 21.9 Å². The third-order valence-electron chi connectivity index (χ3n) is 3.57. The van der Waals surface area contributed by atoms with Gasteiger partial charge in [0.25, 0.3) is 0 Å². The van der Waals surface area contributed by atoms with Gasteiger partial charge >= 0.3 is 6.09 Å². The van der Waals surface area contributed by atoms with E-state index in [4.69, 9.17) is 4.74 Å². The molecule has 26 heavy (non-hydrogen) atoms. The Kier molecular flexibility index (Phi) is 7.03. The van der Waals surface area contributed by atoms with E-state index in [0.29, 0.717) is 12.3 Å². The molecule has 2 amide bonds. The van der Waals surface area contributed by atoms with Crippen molar-refractivity contribution in [2.75, 3.05) is 22.6 Å². The number of hydrogen-bond acceptors (Lipinski definition) is 4. The van der Waals surface area contributed by atoms with Crippen LogP contribution in [0.1, 0.15) is 19.4 Å². The molecule has 6 nitrogen and oxygen atoms in total. The predicted molar refractivity (Wildman–Crippen MR) is 108 cm³/mol. The van der Waals surface area contributed by atoms with Crippen molar-refractivity contribution >= 4 is 45.0 Å². The van der Waals surface area contributed by atoms with E-state index in [2.05, 4.69) is 31.9 Å². The number of anilines is 3. The molecule has 2 rings (SSSR count). The van der Waals surface area contributed by atoms with Gasteiger partial charge in [-0.25, -0.2) is 4.79 Å². The Labute approximate surface area is 161 Å². The molecule has 3 N–H and O–H groups in total. The molecule has 0 aromatic heterocycles. The molecule has 0 saturated carbocycles. The topological polar surface area (TPSA) is 79.5 Å². The van der Waals surface area contributed by atoms with Crippen LogP contribution in [0.5, 0.6) is 0 Å². The van der Waals surface area contributed by atoms with Gasteiger partial charge in [-0.3, -0.25) is 10.1 Å². The molecule has 2 aromatic carbocycles. The molecular formula is C19H22BrN3O3. The lowest BCUT2D eigenvalue weighted by Gasteiger charge is -2.16. The first kappa shape index (κ1) is 19.8. The minimum Gasteiger partial charge on any atom is -0.450 e. The number of carbonyl (C=O) groups is 2. The smallest absolute Gasteiger partial charge is 0.411 e. The van der Waals surface area contributed by atoms with E-state index in [1.807, 2.05) is 25.1 Å². The van der Waals surface area contributed by atoms with E-state index in [9.17, 15) is 9.59 Å². The van der Waals surface area contributed by atoms with E-state index in [1.54, 1.807) is 38.1 Å². The van der Waals surface area contributed by atoms with Crippen molar-refractivity contribution in [3.8, 4) is 0 Å². The molecule has 0 aliphatic rings. The molecule has 0 fully saturated rings. The van der Waals surface area contributed by atoms with Gasteiger partial charge in [0.2, 0.25) is 5.91 Å². The third kappa shape index (κ3) is 5.77. The number of amides is 2. The van der Waals surface area contributed by atoms with Crippen molar-refractivity contribution in [2.45, 2.75) is 26.8 Å². The van der Waals surface area contributed by atoms with Gasteiger partial charge in [0, 0.05) is 15.8 Å². The minimum absolute atomic E-state index is 0.150. The molecule has 1 unspecified atom stereocenters. The number of rotatable bonds is 6. The van der Waals surface area contributed by atoms with Gasteiger partial charge < -0.3 is 15.4 Å². The maximum absolute atomic E-state index is 12.4. The van der Waals surface area contributed by atoms with Gasteiger partial charge in [-0.05, 0) is 78.7 Å². The van der Waals surface area contributed by atoms with Gasteiger partial charge in [-0.1, -0.05) is 6.07 Å². The summed E-state index contributed by atoms with van der Waals surface area (Å²) in [6.45, 7) is 5.83. The lowest BCUT2D eigenvalue weighted by molar-refractivity contribution is -0.116. The highest BCUT2D eigenvalue weighted by Gasteiger charge is 2.14. The van der Waals surface area contributed by atoms with Gasteiger partial charge in [0.05, 0.1) is 12.3 Å². The Balaban J connectivity index is 1.92.